The fraction of sp³-hybridized carbons (Fsp3) is 0.571. The molecule has 37 heavy (non-hydrogen) atoms. The van der Waals surface area contributed by atoms with Gasteiger partial charge in [0.2, 0.25) is 0 Å². The predicted octanol–water partition coefficient (Wildman–Crippen LogP) is 10.5. The summed E-state index contributed by atoms with van der Waals surface area (Å²) in [5.41, 5.74) is 1.42. The second-order valence-corrected chi connectivity index (χ2v) is 12.6. The lowest BCUT2D eigenvalue weighted by Crippen LogP contribution is -2.03. The molecule has 3 aromatic rings. The first kappa shape index (κ1) is 29.5. The molecule has 3 heterocycles. The molecule has 0 N–H and O–H groups in total. The standard InChI is InChI=1S/C28H38N2O4S3/c1-5-9-11-19(7-3)17-21-13-15-35-25(21)27-23(29(31)32)24(30(33)34)28(37-27)26-22(14-16-36-26)18-20(8-4)12-10-6-2/h13-16,19-20H,5-12,17-18H2,1-4H3. The third kappa shape index (κ3) is 7.06. The third-order valence-corrected chi connectivity index (χ3v) is 10.6. The monoisotopic (exact) mass is 562 g/mol. The Hall–Kier alpha value is -2.10. The van der Waals surface area contributed by atoms with E-state index in [-0.39, 0.29) is 11.4 Å². The highest BCUT2D eigenvalue weighted by molar-refractivity contribution is 7.27. The first-order chi connectivity index (χ1) is 17.9. The van der Waals surface area contributed by atoms with Crippen LogP contribution in [-0.2, 0) is 12.8 Å². The largest absolute Gasteiger partial charge is 0.366 e. The fourth-order valence-corrected chi connectivity index (χ4v) is 8.44. The third-order valence-electron chi connectivity index (χ3n) is 7.23. The molecule has 9 heteroatoms. The molecular weight excluding hydrogens is 525 g/mol. The van der Waals surface area contributed by atoms with E-state index in [1.54, 1.807) is 0 Å². The van der Waals surface area contributed by atoms with Gasteiger partial charge in [-0.2, -0.15) is 0 Å². The second-order valence-electron chi connectivity index (χ2n) is 9.76. The number of nitro groups is 2. The van der Waals surface area contributed by atoms with Crippen LogP contribution in [0.2, 0.25) is 0 Å². The minimum Gasteiger partial charge on any atom is -0.258 e. The summed E-state index contributed by atoms with van der Waals surface area (Å²) in [5.74, 6) is 1.000. The van der Waals surface area contributed by atoms with E-state index in [4.69, 9.17) is 0 Å². The normalized spacial score (nSPS) is 13.1. The van der Waals surface area contributed by atoms with Crippen molar-refractivity contribution >= 4 is 45.4 Å². The molecule has 202 valence electrons. The van der Waals surface area contributed by atoms with Crippen molar-refractivity contribution in [3.63, 3.8) is 0 Å². The van der Waals surface area contributed by atoms with Gasteiger partial charge in [-0.3, -0.25) is 20.2 Å². The smallest absolute Gasteiger partial charge is 0.258 e. The topological polar surface area (TPSA) is 86.3 Å². The van der Waals surface area contributed by atoms with E-state index in [1.807, 2.05) is 22.9 Å². The Kier molecular flexibility index (Phi) is 11.3. The molecule has 6 nitrogen and oxygen atoms in total. The molecule has 0 spiro atoms. The Morgan fingerprint density at radius 2 is 1.11 bits per heavy atom. The first-order valence-electron chi connectivity index (χ1n) is 13.4. The SMILES string of the molecule is CCCCC(CC)Cc1ccsc1-c1sc(-c2sccc2CC(CC)CCCC)c([N+](=O)[O-])c1[N+](=O)[O-]. The van der Waals surface area contributed by atoms with Gasteiger partial charge in [0.15, 0.2) is 0 Å². The summed E-state index contributed by atoms with van der Waals surface area (Å²) in [6, 6.07) is 4.08. The van der Waals surface area contributed by atoms with E-state index in [0.717, 1.165) is 85.1 Å². The Morgan fingerprint density at radius 3 is 1.43 bits per heavy atom. The molecular formula is C28H38N2O4S3. The maximum Gasteiger partial charge on any atom is 0.366 e. The molecule has 0 aliphatic rings. The minimum absolute atomic E-state index is 0.354. The van der Waals surface area contributed by atoms with Crippen LogP contribution in [0.5, 0.6) is 0 Å². The summed E-state index contributed by atoms with van der Waals surface area (Å²) in [5, 5.41) is 28.5. The molecule has 0 saturated heterocycles. The van der Waals surface area contributed by atoms with Crippen LogP contribution in [0, 0.1) is 32.1 Å². The Balaban J connectivity index is 2.09. The van der Waals surface area contributed by atoms with Gasteiger partial charge in [0.25, 0.3) is 0 Å². The molecule has 0 radical (unpaired) electrons. The Labute approximate surface area is 232 Å². The summed E-state index contributed by atoms with van der Waals surface area (Å²) >= 11 is 4.14. The number of hydrogen-bond donors (Lipinski definition) is 0. The van der Waals surface area contributed by atoms with Gasteiger partial charge in [0.05, 0.1) is 19.6 Å². The molecule has 2 atom stereocenters. The summed E-state index contributed by atoms with van der Waals surface area (Å²) in [4.78, 5) is 26.0. The van der Waals surface area contributed by atoms with Gasteiger partial charge in [-0.1, -0.05) is 79.1 Å². The molecule has 2 unspecified atom stereocenters. The zero-order valence-electron chi connectivity index (χ0n) is 22.3. The number of nitrogens with zero attached hydrogens (tertiary/aromatic N) is 2. The van der Waals surface area contributed by atoms with Gasteiger partial charge in [0, 0.05) is 0 Å². The minimum atomic E-state index is -0.547. The summed E-state index contributed by atoms with van der Waals surface area (Å²) in [7, 11) is 0. The van der Waals surface area contributed by atoms with Crippen molar-refractivity contribution in [2.24, 2.45) is 11.8 Å². The van der Waals surface area contributed by atoms with E-state index in [1.165, 1.54) is 34.0 Å². The molecule has 3 rings (SSSR count). The predicted molar refractivity (Wildman–Crippen MR) is 158 cm³/mol. The number of unbranched alkanes of at least 4 members (excludes halogenated alkanes) is 2. The van der Waals surface area contributed by atoms with E-state index in [9.17, 15) is 20.2 Å². The van der Waals surface area contributed by atoms with Crippen molar-refractivity contribution in [2.75, 3.05) is 0 Å². The molecule has 0 aliphatic carbocycles. The van der Waals surface area contributed by atoms with Crippen molar-refractivity contribution in [1.82, 2.24) is 0 Å². The van der Waals surface area contributed by atoms with E-state index in [2.05, 4.69) is 27.7 Å². The van der Waals surface area contributed by atoms with E-state index >= 15 is 0 Å². The van der Waals surface area contributed by atoms with Gasteiger partial charge < -0.3 is 0 Å². The van der Waals surface area contributed by atoms with Crippen LogP contribution in [0.1, 0.15) is 90.2 Å². The highest BCUT2D eigenvalue weighted by atomic mass is 32.1. The molecule has 0 bridgehead atoms. The molecule has 0 aliphatic heterocycles. The summed E-state index contributed by atoms with van der Waals surface area (Å²) in [6.07, 6.45) is 10.6. The van der Waals surface area contributed by atoms with Gasteiger partial charge in [0.1, 0.15) is 9.75 Å². The van der Waals surface area contributed by atoms with Crippen LogP contribution in [0.3, 0.4) is 0 Å². The van der Waals surface area contributed by atoms with Crippen LogP contribution in [0.4, 0.5) is 11.4 Å². The zero-order chi connectivity index (χ0) is 26.9. The fourth-order valence-electron chi connectivity index (χ4n) is 4.96. The first-order valence-corrected chi connectivity index (χ1v) is 16.0. The number of thiophene rings is 3. The average Bonchev–Trinajstić information content (AvgIpc) is 3.61. The van der Waals surface area contributed by atoms with E-state index in [0.29, 0.717) is 21.6 Å². The van der Waals surface area contributed by atoms with Gasteiger partial charge in [-0.15, -0.1) is 34.0 Å². The number of hydrogen-bond acceptors (Lipinski definition) is 7. The quantitative estimate of drug-likeness (QED) is 0.128. The lowest BCUT2D eigenvalue weighted by Gasteiger charge is -2.14. The van der Waals surface area contributed by atoms with Crippen molar-refractivity contribution in [3.05, 3.63) is 54.2 Å². The van der Waals surface area contributed by atoms with Gasteiger partial charge in [-0.05, 0) is 58.7 Å². The molecule has 3 aromatic heterocycles. The lowest BCUT2D eigenvalue weighted by molar-refractivity contribution is -0.420. The molecule has 0 aromatic carbocycles. The summed E-state index contributed by atoms with van der Waals surface area (Å²) < 4.78 is 0. The maximum absolute atomic E-state index is 12.3. The molecule has 0 fully saturated rings. The molecule has 0 saturated carbocycles. The summed E-state index contributed by atoms with van der Waals surface area (Å²) in [6.45, 7) is 8.74. The van der Waals surface area contributed by atoms with Crippen molar-refractivity contribution in [3.8, 4) is 19.5 Å². The lowest BCUT2D eigenvalue weighted by atomic mass is 9.92. The van der Waals surface area contributed by atoms with Crippen LogP contribution in [0.25, 0.3) is 19.5 Å². The van der Waals surface area contributed by atoms with Crippen LogP contribution in [0.15, 0.2) is 22.9 Å². The second kappa shape index (κ2) is 14.2. The van der Waals surface area contributed by atoms with Gasteiger partial charge >= 0.3 is 11.4 Å². The van der Waals surface area contributed by atoms with Crippen molar-refractivity contribution in [2.45, 2.75) is 91.9 Å². The average molecular weight is 563 g/mol. The maximum atomic E-state index is 12.3. The van der Waals surface area contributed by atoms with Crippen LogP contribution >= 0.6 is 34.0 Å². The number of rotatable bonds is 16. The van der Waals surface area contributed by atoms with Crippen molar-refractivity contribution in [1.29, 1.82) is 0 Å². The zero-order valence-corrected chi connectivity index (χ0v) is 24.7. The van der Waals surface area contributed by atoms with Crippen LogP contribution in [-0.4, -0.2) is 9.85 Å². The van der Waals surface area contributed by atoms with Crippen LogP contribution < -0.4 is 0 Å². The van der Waals surface area contributed by atoms with Gasteiger partial charge in [-0.25, -0.2) is 0 Å². The highest BCUT2D eigenvalue weighted by Crippen LogP contribution is 2.55. The molecule has 0 amide bonds. The van der Waals surface area contributed by atoms with Crippen molar-refractivity contribution < 1.29 is 9.85 Å². The Bertz CT molecular complexity index is 1090. The Morgan fingerprint density at radius 1 is 0.703 bits per heavy atom. The highest BCUT2D eigenvalue weighted by Gasteiger charge is 2.40. The van der Waals surface area contributed by atoms with E-state index < -0.39 is 9.85 Å².